The van der Waals surface area contributed by atoms with Gasteiger partial charge in [-0.3, -0.25) is 4.79 Å². The average Bonchev–Trinajstić information content (AvgIpc) is 3.14. The van der Waals surface area contributed by atoms with Crippen molar-refractivity contribution >= 4 is 23.5 Å². The van der Waals surface area contributed by atoms with E-state index in [1.807, 2.05) is 22.9 Å². The molecule has 7 nitrogen and oxygen atoms in total. The van der Waals surface area contributed by atoms with Crippen molar-refractivity contribution in [1.82, 2.24) is 14.8 Å². The molecule has 2 atom stereocenters. The number of carbonyl (C=O) groups is 1. The van der Waals surface area contributed by atoms with Gasteiger partial charge in [-0.25, -0.2) is 4.68 Å². The van der Waals surface area contributed by atoms with E-state index < -0.39 is 0 Å². The maximum absolute atomic E-state index is 13.8. The number of aromatic nitrogens is 3. The zero-order chi connectivity index (χ0) is 25.5. The molecule has 0 saturated heterocycles. The van der Waals surface area contributed by atoms with Crippen molar-refractivity contribution in [3.63, 3.8) is 0 Å². The van der Waals surface area contributed by atoms with Gasteiger partial charge in [0, 0.05) is 24.1 Å². The Labute approximate surface area is 221 Å². The first kappa shape index (κ1) is 24.1. The third kappa shape index (κ3) is 4.52. The Bertz CT molecular complexity index is 1360. The standard InChI is InChI=1S/C29H32N4O3S/c1-4-37-29-31-28-30-22-14-21(19-8-6-18(7-9-19)17(2)3)15-23(34)26(22)27(33(28)32-29)20-10-11-24-25(16-20)36-13-5-12-35-24/h6-11,16-17,21,27H,4-5,12-15H2,1-3H3,(H,30,31,32). The van der Waals surface area contributed by atoms with Crippen LogP contribution in [0.3, 0.4) is 0 Å². The van der Waals surface area contributed by atoms with E-state index in [1.165, 1.54) is 11.1 Å². The van der Waals surface area contributed by atoms with Crippen LogP contribution in [-0.2, 0) is 4.79 Å². The summed E-state index contributed by atoms with van der Waals surface area (Å²) in [6.45, 7) is 7.73. The van der Waals surface area contributed by atoms with Gasteiger partial charge < -0.3 is 14.8 Å². The van der Waals surface area contributed by atoms with E-state index in [2.05, 4.69) is 50.4 Å². The SMILES string of the molecule is CCSc1nc2n(n1)C(c1ccc3c(c1)OCCCO3)C1=C(CC(c3ccc(C(C)C)cc3)CC1=O)N2. The molecule has 3 heterocycles. The number of nitrogens with one attached hydrogen (secondary N) is 1. The molecule has 2 unspecified atom stereocenters. The Morgan fingerprint density at radius 3 is 2.57 bits per heavy atom. The first-order chi connectivity index (χ1) is 18.0. The number of carbonyl (C=O) groups excluding carboxylic acids is 1. The van der Waals surface area contributed by atoms with Crippen molar-refractivity contribution in [3.8, 4) is 11.5 Å². The first-order valence-corrected chi connectivity index (χ1v) is 14.1. The summed E-state index contributed by atoms with van der Waals surface area (Å²) in [6, 6.07) is 14.4. The fourth-order valence-electron chi connectivity index (χ4n) is 5.43. The largest absolute Gasteiger partial charge is 0.490 e. The van der Waals surface area contributed by atoms with Gasteiger partial charge >= 0.3 is 0 Å². The summed E-state index contributed by atoms with van der Waals surface area (Å²) in [6.07, 6.45) is 2.07. The molecule has 3 aromatic rings. The third-order valence-corrected chi connectivity index (χ3v) is 8.06. The van der Waals surface area contributed by atoms with Crippen LogP contribution in [-0.4, -0.2) is 39.5 Å². The summed E-state index contributed by atoms with van der Waals surface area (Å²) in [4.78, 5) is 18.6. The maximum Gasteiger partial charge on any atom is 0.227 e. The second-order valence-electron chi connectivity index (χ2n) is 10.1. The fraction of sp³-hybridized carbons (Fsp3) is 0.414. The molecule has 2 aromatic carbocycles. The lowest BCUT2D eigenvalue weighted by Gasteiger charge is -2.35. The van der Waals surface area contributed by atoms with Gasteiger partial charge in [-0.15, -0.1) is 5.10 Å². The third-order valence-electron chi connectivity index (χ3n) is 7.34. The van der Waals surface area contributed by atoms with E-state index >= 15 is 0 Å². The van der Waals surface area contributed by atoms with E-state index in [0.29, 0.717) is 42.4 Å². The molecule has 37 heavy (non-hydrogen) atoms. The van der Waals surface area contributed by atoms with E-state index in [1.54, 1.807) is 11.8 Å². The number of fused-ring (bicyclic) bond motifs is 2. The molecular formula is C29H32N4O3S. The van der Waals surface area contributed by atoms with E-state index in [0.717, 1.165) is 41.2 Å². The Morgan fingerprint density at radius 1 is 1.05 bits per heavy atom. The molecule has 2 aliphatic heterocycles. The van der Waals surface area contributed by atoms with Gasteiger partial charge in [0.2, 0.25) is 11.1 Å². The number of benzene rings is 2. The lowest BCUT2D eigenvalue weighted by molar-refractivity contribution is -0.116. The molecule has 0 fully saturated rings. The number of ether oxygens (including phenoxy) is 2. The van der Waals surface area contributed by atoms with Crippen molar-refractivity contribution in [1.29, 1.82) is 0 Å². The normalized spacial score (nSPS) is 20.8. The molecule has 0 bridgehead atoms. The van der Waals surface area contributed by atoms with Gasteiger partial charge in [0.25, 0.3) is 0 Å². The van der Waals surface area contributed by atoms with Gasteiger partial charge in [0.05, 0.1) is 13.2 Å². The summed E-state index contributed by atoms with van der Waals surface area (Å²) in [5.41, 5.74) is 5.18. The van der Waals surface area contributed by atoms with E-state index in [9.17, 15) is 4.79 Å². The zero-order valence-corrected chi connectivity index (χ0v) is 22.3. The molecule has 0 radical (unpaired) electrons. The van der Waals surface area contributed by atoms with Crippen LogP contribution >= 0.6 is 11.8 Å². The number of ketones is 1. The van der Waals surface area contributed by atoms with Crippen LogP contribution in [0, 0.1) is 0 Å². The summed E-state index contributed by atoms with van der Waals surface area (Å²) in [7, 11) is 0. The minimum atomic E-state index is -0.362. The highest BCUT2D eigenvalue weighted by atomic mass is 32.2. The Hall–Kier alpha value is -3.26. The average molecular weight is 517 g/mol. The van der Waals surface area contributed by atoms with Crippen LogP contribution in [0.1, 0.15) is 74.6 Å². The lowest BCUT2D eigenvalue weighted by atomic mass is 9.77. The molecule has 3 aliphatic rings. The highest BCUT2D eigenvalue weighted by molar-refractivity contribution is 7.99. The predicted octanol–water partition coefficient (Wildman–Crippen LogP) is 6.09. The minimum absolute atomic E-state index is 0.128. The quantitative estimate of drug-likeness (QED) is 0.411. The first-order valence-electron chi connectivity index (χ1n) is 13.1. The number of thioether (sulfide) groups is 1. The number of allylic oxidation sites excluding steroid dienone is 2. The Kier molecular flexibility index (Phi) is 6.44. The molecule has 0 spiro atoms. The Balaban J connectivity index is 1.41. The Morgan fingerprint density at radius 2 is 1.81 bits per heavy atom. The van der Waals surface area contributed by atoms with Gasteiger partial charge in [-0.1, -0.05) is 62.9 Å². The van der Waals surface area contributed by atoms with E-state index in [4.69, 9.17) is 19.6 Å². The van der Waals surface area contributed by atoms with Gasteiger partial charge in [-0.05, 0) is 52.8 Å². The van der Waals surface area contributed by atoms with Crippen molar-refractivity contribution < 1.29 is 14.3 Å². The summed E-state index contributed by atoms with van der Waals surface area (Å²) in [5.74, 6) is 3.76. The van der Waals surface area contributed by atoms with Gasteiger partial charge in [-0.2, -0.15) is 4.98 Å². The van der Waals surface area contributed by atoms with Crippen LogP contribution in [0.25, 0.3) is 0 Å². The molecule has 1 aliphatic carbocycles. The fourth-order valence-corrected chi connectivity index (χ4v) is 5.98. The number of hydrogen-bond donors (Lipinski definition) is 1. The second kappa shape index (κ2) is 9.89. The van der Waals surface area contributed by atoms with Crippen LogP contribution in [0.2, 0.25) is 0 Å². The van der Waals surface area contributed by atoms with Crippen molar-refractivity contribution in [2.45, 2.75) is 63.1 Å². The number of nitrogens with zero attached hydrogens (tertiary/aromatic N) is 3. The number of hydrogen-bond acceptors (Lipinski definition) is 7. The molecule has 6 rings (SSSR count). The van der Waals surface area contributed by atoms with Crippen LogP contribution in [0.5, 0.6) is 11.5 Å². The summed E-state index contributed by atoms with van der Waals surface area (Å²) in [5, 5.41) is 9.00. The van der Waals surface area contributed by atoms with Gasteiger partial charge in [0.15, 0.2) is 17.3 Å². The summed E-state index contributed by atoms with van der Waals surface area (Å²) >= 11 is 1.60. The highest BCUT2D eigenvalue weighted by Gasteiger charge is 2.40. The van der Waals surface area contributed by atoms with Crippen molar-refractivity contribution in [2.24, 2.45) is 0 Å². The monoisotopic (exact) mass is 516 g/mol. The van der Waals surface area contributed by atoms with Crippen LogP contribution in [0.15, 0.2) is 58.9 Å². The molecular weight excluding hydrogens is 484 g/mol. The highest BCUT2D eigenvalue weighted by Crippen LogP contribution is 2.46. The van der Waals surface area contributed by atoms with Gasteiger partial charge in [0.1, 0.15) is 6.04 Å². The smallest absolute Gasteiger partial charge is 0.227 e. The van der Waals surface area contributed by atoms with Crippen molar-refractivity contribution in [2.75, 3.05) is 24.3 Å². The zero-order valence-electron chi connectivity index (χ0n) is 21.5. The minimum Gasteiger partial charge on any atom is -0.490 e. The number of anilines is 1. The topological polar surface area (TPSA) is 78.3 Å². The molecule has 8 heteroatoms. The number of rotatable bonds is 5. The predicted molar refractivity (Wildman–Crippen MR) is 145 cm³/mol. The van der Waals surface area contributed by atoms with E-state index in [-0.39, 0.29) is 17.7 Å². The number of Topliss-reactive ketones (excluding diaryl/α,β-unsaturated/α-hetero) is 1. The van der Waals surface area contributed by atoms with Crippen LogP contribution < -0.4 is 14.8 Å². The molecule has 1 N–H and O–H groups in total. The lowest BCUT2D eigenvalue weighted by Crippen LogP contribution is -2.33. The molecule has 1 aromatic heterocycles. The molecule has 0 saturated carbocycles. The van der Waals surface area contributed by atoms with Crippen molar-refractivity contribution in [3.05, 3.63) is 70.4 Å². The molecule has 192 valence electrons. The maximum atomic E-state index is 13.8. The summed E-state index contributed by atoms with van der Waals surface area (Å²) < 4.78 is 13.7. The second-order valence-corrected chi connectivity index (χ2v) is 11.4. The molecule has 0 amide bonds. The van der Waals surface area contributed by atoms with Crippen LogP contribution in [0.4, 0.5) is 5.95 Å².